The summed E-state index contributed by atoms with van der Waals surface area (Å²) in [6, 6.07) is 15.6. The molecule has 0 aliphatic carbocycles. The zero-order chi connectivity index (χ0) is 24.6. The Morgan fingerprint density at radius 3 is 2.38 bits per heavy atom. The summed E-state index contributed by atoms with van der Waals surface area (Å²) in [5, 5.41) is 2.84. The largest absolute Gasteiger partial charge is 0.465 e. The fourth-order valence-electron chi connectivity index (χ4n) is 3.92. The fourth-order valence-corrected chi connectivity index (χ4v) is 4.41. The highest BCUT2D eigenvalue weighted by molar-refractivity contribution is 7.80. The number of nitrogens with one attached hydrogen (secondary N) is 1. The van der Waals surface area contributed by atoms with Gasteiger partial charge in [-0.2, -0.15) is 0 Å². The predicted octanol–water partition coefficient (Wildman–Crippen LogP) is 4.37. The lowest BCUT2D eigenvalue weighted by atomic mass is 10.1. The molecule has 1 N–H and O–H groups in total. The lowest BCUT2D eigenvalue weighted by Gasteiger charge is -2.29. The molecule has 4 rings (SSSR count). The molecule has 0 radical (unpaired) electrons. The Labute approximate surface area is 206 Å². The predicted molar refractivity (Wildman–Crippen MR) is 134 cm³/mol. The molecule has 34 heavy (non-hydrogen) atoms. The van der Waals surface area contributed by atoms with Crippen molar-refractivity contribution in [1.29, 1.82) is 0 Å². The monoisotopic (exact) mass is 493 g/mol. The van der Waals surface area contributed by atoms with Crippen molar-refractivity contribution >= 4 is 58.5 Å². The summed E-state index contributed by atoms with van der Waals surface area (Å²) >= 11 is 11.5. The summed E-state index contributed by atoms with van der Waals surface area (Å²) in [4.78, 5) is 39.6. The third-order valence-electron chi connectivity index (χ3n) is 5.52. The number of nitrogens with zero attached hydrogens (tertiary/aromatic N) is 2. The maximum Gasteiger partial charge on any atom is 0.339 e. The number of amides is 2. The second-order valence-corrected chi connectivity index (χ2v) is 8.37. The minimum atomic E-state index is -0.599. The van der Waals surface area contributed by atoms with Crippen LogP contribution in [0, 0.1) is 13.8 Å². The maximum absolute atomic E-state index is 13.3. The number of carbonyl (C=O) groups is 3. The van der Waals surface area contributed by atoms with Gasteiger partial charge in [-0.05, 0) is 68.0 Å². The molecular weight excluding hydrogens is 474 g/mol. The first-order chi connectivity index (χ1) is 16.2. The molecule has 1 aliphatic rings. The van der Waals surface area contributed by atoms with Crippen LogP contribution in [0.4, 0.5) is 5.69 Å². The average molecular weight is 494 g/mol. The summed E-state index contributed by atoms with van der Waals surface area (Å²) in [5.74, 6) is -1.64. The second-order valence-electron chi connectivity index (χ2n) is 7.58. The molecule has 0 spiro atoms. The van der Waals surface area contributed by atoms with Gasteiger partial charge in [-0.15, -0.1) is 0 Å². The first kappa shape index (κ1) is 23.4. The highest BCUT2D eigenvalue weighted by Crippen LogP contribution is 2.30. The van der Waals surface area contributed by atoms with E-state index in [0.29, 0.717) is 27.5 Å². The van der Waals surface area contributed by atoms with Gasteiger partial charge in [0.05, 0.1) is 29.1 Å². The normalized spacial score (nSPS) is 15.0. The van der Waals surface area contributed by atoms with E-state index in [1.807, 2.05) is 30.5 Å². The van der Waals surface area contributed by atoms with Crippen molar-refractivity contribution in [2.45, 2.75) is 13.8 Å². The number of hydrogen-bond acceptors (Lipinski definition) is 5. The minimum Gasteiger partial charge on any atom is -0.465 e. The molecule has 1 aliphatic heterocycles. The molecule has 7 nitrogen and oxygen atoms in total. The number of aromatic nitrogens is 1. The molecule has 2 amide bonds. The molecule has 3 aromatic rings. The number of methoxy groups -OCH3 is 1. The molecule has 0 atom stereocenters. The quantitative estimate of drug-likeness (QED) is 0.253. The van der Waals surface area contributed by atoms with E-state index in [2.05, 4.69) is 5.32 Å². The highest BCUT2D eigenvalue weighted by atomic mass is 35.5. The van der Waals surface area contributed by atoms with Crippen molar-refractivity contribution in [3.8, 4) is 5.69 Å². The van der Waals surface area contributed by atoms with Crippen molar-refractivity contribution in [2.24, 2.45) is 0 Å². The van der Waals surface area contributed by atoms with Gasteiger partial charge < -0.3 is 9.30 Å². The summed E-state index contributed by atoms with van der Waals surface area (Å²) in [7, 11) is 1.33. The van der Waals surface area contributed by atoms with E-state index < -0.39 is 17.8 Å². The van der Waals surface area contributed by atoms with Gasteiger partial charge in [0.15, 0.2) is 5.11 Å². The maximum atomic E-state index is 13.3. The van der Waals surface area contributed by atoms with Gasteiger partial charge in [0.1, 0.15) is 5.57 Å². The molecule has 1 aromatic heterocycles. The Balaban J connectivity index is 1.81. The lowest BCUT2D eigenvalue weighted by Crippen LogP contribution is -2.54. The van der Waals surface area contributed by atoms with Gasteiger partial charge in [-0.1, -0.05) is 35.9 Å². The zero-order valence-electron chi connectivity index (χ0n) is 18.6. The van der Waals surface area contributed by atoms with Gasteiger partial charge in [-0.3, -0.25) is 19.8 Å². The second kappa shape index (κ2) is 9.24. The third kappa shape index (κ3) is 4.02. The number of para-hydroxylation sites is 2. The Hall–Kier alpha value is -3.75. The van der Waals surface area contributed by atoms with Crippen molar-refractivity contribution in [3.05, 3.63) is 87.7 Å². The van der Waals surface area contributed by atoms with Crippen LogP contribution < -0.4 is 10.2 Å². The smallest absolute Gasteiger partial charge is 0.339 e. The van der Waals surface area contributed by atoms with Crippen LogP contribution in [-0.4, -0.2) is 34.6 Å². The first-order valence-corrected chi connectivity index (χ1v) is 11.1. The summed E-state index contributed by atoms with van der Waals surface area (Å²) in [6.45, 7) is 3.71. The van der Waals surface area contributed by atoms with Crippen molar-refractivity contribution in [3.63, 3.8) is 0 Å². The number of rotatable bonds is 4. The molecule has 2 aromatic carbocycles. The molecule has 0 unspecified atom stereocenters. The highest BCUT2D eigenvalue weighted by Gasteiger charge is 2.35. The Morgan fingerprint density at radius 1 is 1.06 bits per heavy atom. The topological polar surface area (TPSA) is 80.6 Å². The van der Waals surface area contributed by atoms with E-state index in [1.54, 1.807) is 42.5 Å². The van der Waals surface area contributed by atoms with E-state index in [9.17, 15) is 14.4 Å². The Kier molecular flexibility index (Phi) is 6.37. The van der Waals surface area contributed by atoms with Gasteiger partial charge in [0.25, 0.3) is 11.8 Å². The van der Waals surface area contributed by atoms with Gasteiger partial charge in [-0.25, -0.2) is 4.79 Å². The Morgan fingerprint density at radius 2 is 1.71 bits per heavy atom. The van der Waals surface area contributed by atoms with Crippen LogP contribution in [0.15, 0.2) is 60.2 Å². The molecule has 1 saturated heterocycles. The number of esters is 1. The molecule has 1 fully saturated rings. The van der Waals surface area contributed by atoms with Crippen LogP contribution in [0.1, 0.15) is 27.3 Å². The van der Waals surface area contributed by atoms with Crippen LogP contribution >= 0.6 is 23.8 Å². The number of thiocarbonyl (C=S) groups is 1. The Bertz CT molecular complexity index is 1390. The van der Waals surface area contributed by atoms with Crippen molar-refractivity contribution in [1.82, 2.24) is 9.88 Å². The third-order valence-corrected chi connectivity index (χ3v) is 6.12. The van der Waals surface area contributed by atoms with E-state index >= 15 is 0 Å². The fraction of sp³-hybridized carbons (Fsp3) is 0.120. The van der Waals surface area contributed by atoms with E-state index in [4.69, 9.17) is 28.6 Å². The number of halogens is 1. The van der Waals surface area contributed by atoms with Gasteiger partial charge in [0.2, 0.25) is 0 Å². The number of anilines is 1. The number of benzene rings is 2. The van der Waals surface area contributed by atoms with Crippen LogP contribution in [0.3, 0.4) is 0 Å². The number of ether oxygens (including phenoxy) is 1. The molecule has 0 saturated carbocycles. The van der Waals surface area contributed by atoms with Crippen LogP contribution in [0.5, 0.6) is 0 Å². The average Bonchev–Trinajstić information content (AvgIpc) is 3.09. The van der Waals surface area contributed by atoms with Crippen LogP contribution in [0.2, 0.25) is 5.02 Å². The van der Waals surface area contributed by atoms with Gasteiger partial charge >= 0.3 is 5.97 Å². The van der Waals surface area contributed by atoms with Crippen molar-refractivity contribution < 1.29 is 19.1 Å². The van der Waals surface area contributed by atoms with Crippen LogP contribution in [0.25, 0.3) is 11.8 Å². The number of carbonyl (C=O) groups excluding carboxylic acids is 3. The van der Waals surface area contributed by atoms with Gasteiger partial charge in [0, 0.05) is 11.4 Å². The van der Waals surface area contributed by atoms with E-state index in [0.717, 1.165) is 11.4 Å². The summed E-state index contributed by atoms with van der Waals surface area (Å²) in [6.07, 6.45) is 1.52. The first-order valence-electron chi connectivity index (χ1n) is 10.3. The minimum absolute atomic E-state index is 0.0438. The number of hydrogen-bond donors (Lipinski definition) is 1. The van der Waals surface area contributed by atoms with E-state index in [1.165, 1.54) is 18.1 Å². The zero-order valence-corrected chi connectivity index (χ0v) is 20.2. The summed E-state index contributed by atoms with van der Waals surface area (Å²) in [5.41, 5.74) is 3.50. The van der Waals surface area contributed by atoms with Crippen LogP contribution in [-0.2, 0) is 14.3 Å². The molecule has 0 bridgehead atoms. The molecular formula is C25H20ClN3O4S. The van der Waals surface area contributed by atoms with Crippen molar-refractivity contribution in [2.75, 3.05) is 12.0 Å². The molecule has 172 valence electrons. The summed E-state index contributed by atoms with van der Waals surface area (Å²) < 4.78 is 6.79. The molecule has 2 heterocycles. The van der Waals surface area contributed by atoms with E-state index in [-0.39, 0.29) is 10.7 Å². The SMILES string of the molecule is COC(=O)c1ccccc1-n1c(C)cc(/C=C2\C(=O)NC(=S)N(c3ccccc3Cl)C2=O)c1C. The molecule has 9 heteroatoms. The standard InChI is InChI=1S/C25H20ClN3O4S/c1-14-12-16(15(2)28(14)20-10-6-4-8-17(20)24(32)33-3)13-18-22(30)27-25(34)29(23(18)31)21-11-7-5-9-19(21)26/h4-13H,1-3H3,(H,27,30,34)/b18-13+. The lowest BCUT2D eigenvalue weighted by molar-refractivity contribution is -0.122. The number of aryl methyl sites for hydroxylation is 1.